The molecule has 7 nitrogen and oxygen atoms in total. The van der Waals surface area contributed by atoms with Crippen LogP contribution in [0.15, 0.2) is 78.5 Å². The number of hydrogen-bond donors (Lipinski definition) is 1. The molecule has 6 rings (SSSR count). The van der Waals surface area contributed by atoms with Crippen LogP contribution in [0.4, 0.5) is 18.9 Å². The first-order chi connectivity index (χ1) is 22.0. The minimum Gasteiger partial charge on any atom is -0.465 e. The highest BCUT2D eigenvalue weighted by Gasteiger charge is 2.32. The Bertz CT molecular complexity index is 1740. The molecule has 0 unspecified atom stereocenters. The number of ether oxygens (including phenoxy) is 3. The predicted molar refractivity (Wildman–Crippen MR) is 172 cm³/mol. The average molecular weight is 634 g/mol. The van der Waals surface area contributed by atoms with E-state index >= 15 is 0 Å². The third kappa shape index (κ3) is 7.17. The van der Waals surface area contributed by atoms with E-state index in [-0.39, 0.29) is 11.2 Å². The van der Waals surface area contributed by atoms with Gasteiger partial charge in [-0.2, -0.15) is 0 Å². The summed E-state index contributed by atoms with van der Waals surface area (Å²) in [7, 11) is 1.36. The van der Waals surface area contributed by atoms with Crippen molar-refractivity contribution in [3.63, 3.8) is 0 Å². The number of rotatable bonds is 8. The standard InChI is InChI=1S/C36H38F3N3O4/c1-35(2)15-13-25(30(22-35)24-7-10-27(11-8-24)46-36(37,38)39)23-41-17-19-42(20-18-41)26-9-12-29(34(43)44-3)33(21-26)45-32-6-4-5-31-28(32)14-16-40-31/h4-12,14,16,21,40H,13,15,17-20,22-23H2,1-3H3. The number of alkyl halides is 3. The van der Waals surface area contributed by atoms with Gasteiger partial charge in [-0.3, -0.25) is 4.90 Å². The molecule has 10 heteroatoms. The highest BCUT2D eigenvalue weighted by molar-refractivity contribution is 5.94. The van der Waals surface area contributed by atoms with Gasteiger partial charge in [0.2, 0.25) is 0 Å². The van der Waals surface area contributed by atoms with Crippen LogP contribution in [0.25, 0.3) is 16.5 Å². The second-order valence-corrected chi connectivity index (χ2v) is 12.7. The molecule has 1 aromatic heterocycles. The molecule has 0 saturated carbocycles. The molecule has 0 radical (unpaired) electrons. The first kappa shape index (κ1) is 31.5. The molecule has 3 aromatic carbocycles. The number of carbonyl (C=O) groups excluding carboxylic acids is 1. The number of nitrogens with zero attached hydrogens (tertiary/aromatic N) is 2. The number of aromatic amines is 1. The van der Waals surface area contributed by atoms with Crippen LogP contribution in [-0.4, -0.2) is 62.0 Å². The Morgan fingerprint density at radius 3 is 2.43 bits per heavy atom. The van der Waals surface area contributed by atoms with E-state index < -0.39 is 12.3 Å². The second kappa shape index (κ2) is 12.7. The van der Waals surface area contributed by atoms with Gasteiger partial charge in [0.05, 0.1) is 7.11 Å². The number of piperazine rings is 1. The predicted octanol–water partition coefficient (Wildman–Crippen LogP) is 8.43. The fourth-order valence-corrected chi connectivity index (χ4v) is 6.44. The Hall–Kier alpha value is -4.44. The van der Waals surface area contributed by atoms with Crippen LogP contribution in [0.1, 0.15) is 49.0 Å². The maximum absolute atomic E-state index is 12.7. The number of hydrogen-bond acceptors (Lipinski definition) is 6. The zero-order valence-corrected chi connectivity index (χ0v) is 26.2. The smallest absolute Gasteiger partial charge is 0.465 e. The summed E-state index contributed by atoms with van der Waals surface area (Å²) in [6.07, 6.45) is 0.0224. The normalized spacial score (nSPS) is 17.3. The summed E-state index contributed by atoms with van der Waals surface area (Å²) in [6, 6.07) is 19.6. The van der Waals surface area contributed by atoms with E-state index in [1.165, 1.54) is 30.4 Å². The van der Waals surface area contributed by atoms with Crippen molar-refractivity contribution in [1.29, 1.82) is 0 Å². The van der Waals surface area contributed by atoms with Crippen molar-refractivity contribution in [2.75, 3.05) is 44.7 Å². The molecule has 0 amide bonds. The maximum Gasteiger partial charge on any atom is 0.573 e. The average Bonchev–Trinajstić information content (AvgIpc) is 3.52. The Balaban J connectivity index is 1.17. The summed E-state index contributed by atoms with van der Waals surface area (Å²) < 4.78 is 53.6. The summed E-state index contributed by atoms with van der Waals surface area (Å²) >= 11 is 0. The molecule has 0 spiro atoms. The van der Waals surface area contributed by atoms with Crippen molar-refractivity contribution in [3.8, 4) is 17.2 Å². The molecule has 1 fully saturated rings. The topological polar surface area (TPSA) is 67.0 Å². The van der Waals surface area contributed by atoms with Crippen LogP contribution in [0.3, 0.4) is 0 Å². The van der Waals surface area contributed by atoms with Crippen molar-refractivity contribution < 1.29 is 32.2 Å². The lowest BCUT2D eigenvalue weighted by atomic mass is 9.72. The van der Waals surface area contributed by atoms with Gasteiger partial charge in [0.15, 0.2) is 0 Å². The molecule has 242 valence electrons. The molecule has 46 heavy (non-hydrogen) atoms. The SMILES string of the molecule is COC(=O)c1ccc(N2CCN(CC3=C(c4ccc(OC(F)(F)F)cc4)CC(C)(C)CC3)CC2)cc1Oc1cccc2[nH]ccc12. The Kier molecular flexibility index (Phi) is 8.74. The van der Waals surface area contributed by atoms with Crippen molar-refractivity contribution in [3.05, 3.63) is 89.6 Å². The molecule has 1 saturated heterocycles. The fraction of sp³-hybridized carbons (Fsp3) is 0.361. The van der Waals surface area contributed by atoms with E-state index in [0.29, 0.717) is 17.1 Å². The van der Waals surface area contributed by atoms with Gasteiger partial charge in [-0.15, -0.1) is 13.2 Å². The first-order valence-corrected chi connectivity index (χ1v) is 15.5. The number of H-pyrrole nitrogens is 1. The largest absolute Gasteiger partial charge is 0.573 e. The van der Waals surface area contributed by atoms with E-state index in [9.17, 15) is 18.0 Å². The van der Waals surface area contributed by atoms with Gasteiger partial charge in [-0.1, -0.05) is 37.6 Å². The summed E-state index contributed by atoms with van der Waals surface area (Å²) in [5.74, 6) is 0.411. The van der Waals surface area contributed by atoms with Crippen LogP contribution in [0.5, 0.6) is 17.2 Å². The van der Waals surface area contributed by atoms with Gasteiger partial charge >= 0.3 is 12.3 Å². The molecular formula is C36H38F3N3O4. The quantitative estimate of drug-likeness (QED) is 0.197. The third-order valence-electron chi connectivity index (χ3n) is 8.92. The molecule has 2 aliphatic rings. The Labute approximate surface area is 266 Å². The van der Waals surface area contributed by atoms with E-state index in [2.05, 4.69) is 33.4 Å². The van der Waals surface area contributed by atoms with E-state index in [0.717, 1.165) is 74.1 Å². The number of carbonyl (C=O) groups is 1. The monoisotopic (exact) mass is 633 g/mol. The number of methoxy groups -OCH3 is 1. The number of benzene rings is 3. The molecule has 1 aliphatic carbocycles. The summed E-state index contributed by atoms with van der Waals surface area (Å²) in [4.78, 5) is 20.5. The number of nitrogens with one attached hydrogen (secondary N) is 1. The van der Waals surface area contributed by atoms with E-state index in [4.69, 9.17) is 9.47 Å². The molecule has 2 heterocycles. The number of fused-ring (bicyclic) bond motifs is 1. The molecular weight excluding hydrogens is 595 g/mol. The lowest BCUT2D eigenvalue weighted by Gasteiger charge is -2.39. The Morgan fingerprint density at radius 2 is 1.72 bits per heavy atom. The van der Waals surface area contributed by atoms with Crippen LogP contribution in [-0.2, 0) is 4.74 Å². The zero-order valence-electron chi connectivity index (χ0n) is 26.2. The minimum absolute atomic E-state index is 0.113. The van der Waals surface area contributed by atoms with Crippen molar-refractivity contribution in [2.45, 2.75) is 39.5 Å². The molecule has 4 aromatic rings. The van der Waals surface area contributed by atoms with E-state index in [1.807, 2.05) is 42.6 Å². The lowest BCUT2D eigenvalue weighted by Crippen LogP contribution is -2.47. The first-order valence-electron chi connectivity index (χ1n) is 15.5. The maximum atomic E-state index is 12.7. The highest BCUT2D eigenvalue weighted by Crippen LogP contribution is 2.44. The van der Waals surface area contributed by atoms with Crippen LogP contribution in [0.2, 0.25) is 0 Å². The summed E-state index contributed by atoms with van der Waals surface area (Å²) in [5, 5.41) is 0.919. The van der Waals surface area contributed by atoms with Crippen LogP contribution < -0.4 is 14.4 Å². The van der Waals surface area contributed by atoms with Crippen molar-refractivity contribution >= 4 is 28.1 Å². The van der Waals surface area contributed by atoms with Gasteiger partial charge in [0, 0.05) is 61.6 Å². The lowest BCUT2D eigenvalue weighted by molar-refractivity contribution is -0.274. The Morgan fingerprint density at radius 1 is 0.957 bits per heavy atom. The van der Waals surface area contributed by atoms with Gasteiger partial charge in [0.1, 0.15) is 22.8 Å². The van der Waals surface area contributed by atoms with Gasteiger partial charge in [0.25, 0.3) is 0 Å². The number of aromatic nitrogens is 1. The number of esters is 1. The highest BCUT2D eigenvalue weighted by atomic mass is 19.4. The molecule has 0 bridgehead atoms. The third-order valence-corrected chi connectivity index (χ3v) is 8.92. The number of anilines is 1. The van der Waals surface area contributed by atoms with Crippen LogP contribution in [0, 0.1) is 5.41 Å². The number of halogens is 3. The van der Waals surface area contributed by atoms with Crippen molar-refractivity contribution in [1.82, 2.24) is 9.88 Å². The summed E-state index contributed by atoms with van der Waals surface area (Å²) in [5.41, 5.74) is 5.88. The van der Waals surface area contributed by atoms with Crippen LogP contribution >= 0.6 is 0 Å². The fourth-order valence-electron chi connectivity index (χ4n) is 6.44. The summed E-state index contributed by atoms with van der Waals surface area (Å²) in [6.45, 7) is 8.57. The molecule has 1 N–H and O–H groups in total. The van der Waals surface area contributed by atoms with Gasteiger partial charge in [-0.05, 0) is 78.3 Å². The van der Waals surface area contributed by atoms with E-state index in [1.54, 1.807) is 18.2 Å². The minimum atomic E-state index is -4.71. The molecule has 0 atom stereocenters. The van der Waals surface area contributed by atoms with Gasteiger partial charge < -0.3 is 24.1 Å². The van der Waals surface area contributed by atoms with Gasteiger partial charge in [-0.25, -0.2) is 4.79 Å². The number of allylic oxidation sites excluding steroid dienone is 1. The zero-order chi connectivity index (χ0) is 32.5. The van der Waals surface area contributed by atoms with Crippen molar-refractivity contribution in [2.24, 2.45) is 5.41 Å². The molecule has 1 aliphatic heterocycles. The second-order valence-electron chi connectivity index (χ2n) is 12.7.